The summed E-state index contributed by atoms with van der Waals surface area (Å²) in [6, 6.07) is 19.2. The van der Waals surface area contributed by atoms with Crippen molar-refractivity contribution >= 4 is 40.0 Å². The molecule has 0 unspecified atom stereocenters. The third kappa shape index (κ3) is 5.76. The molecule has 0 aliphatic carbocycles. The molecule has 4 aromatic rings. The molecule has 4 aromatic carbocycles. The predicted molar refractivity (Wildman–Crippen MR) is 155 cm³/mol. The Kier molecular flexibility index (Phi) is 10.6. The Morgan fingerprint density at radius 1 is 0.676 bits per heavy atom. The van der Waals surface area contributed by atoms with Gasteiger partial charge in [0.05, 0.1) is 0 Å². The molecule has 2 heteroatoms. The predicted octanol–water partition coefficient (Wildman–Crippen LogP) is 8.17. The fourth-order valence-electron chi connectivity index (χ4n) is 5.91. The van der Waals surface area contributed by atoms with Crippen molar-refractivity contribution < 1.29 is 26.2 Å². The van der Waals surface area contributed by atoms with Crippen LogP contribution in [0.1, 0.15) is 49.9 Å². The van der Waals surface area contributed by atoms with Gasteiger partial charge in [0.1, 0.15) is 0 Å². The van der Waals surface area contributed by atoms with Gasteiger partial charge in [-0.25, -0.2) is 0 Å². The summed E-state index contributed by atoms with van der Waals surface area (Å²) < 4.78 is 0. The molecular formula is C32H44SiZr. The van der Waals surface area contributed by atoms with E-state index in [0.717, 1.165) is 12.8 Å². The number of benzene rings is 2. The van der Waals surface area contributed by atoms with Gasteiger partial charge >= 0.3 is 26.2 Å². The van der Waals surface area contributed by atoms with E-state index in [1.807, 2.05) is 0 Å². The smallest absolute Gasteiger partial charge is 0.358 e. The van der Waals surface area contributed by atoms with Gasteiger partial charge in [0.2, 0.25) is 0 Å². The van der Waals surface area contributed by atoms with Gasteiger partial charge in [-0.15, -0.1) is 81.2 Å². The Hall–Kier alpha value is -1.24. The van der Waals surface area contributed by atoms with E-state index in [4.69, 9.17) is 0 Å². The molecule has 0 amide bonds. The minimum absolute atomic E-state index is 0. The molecule has 0 spiro atoms. The van der Waals surface area contributed by atoms with Crippen LogP contribution in [0.25, 0.3) is 21.5 Å². The maximum absolute atomic E-state index is 2.57. The van der Waals surface area contributed by atoms with Crippen LogP contribution in [0.4, 0.5) is 0 Å². The van der Waals surface area contributed by atoms with E-state index in [0.29, 0.717) is 11.8 Å². The Morgan fingerprint density at radius 3 is 1.35 bits per heavy atom. The SMILES string of the molecule is Cc1[cH-]c2ccc(CC(C)C)cc2c1[Si](C)(C)c1c(C)[cH-]c2ccc(CC(C)C)cc12.[CH3-].[CH3-].[Zr+4]. The summed E-state index contributed by atoms with van der Waals surface area (Å²) in [4.78, 5) is 0. The zero-order valence-corrected chi connectivity index (χ0v) is 26.6. The largest absolute Gasteiger partial charge is 4.00 e. The van der Waals surface area contributed by atoms with Gasteiger partial charge < -0.3 is 14.9 Å². The maximum atomic E-state index is 2.57. The van der Waals surface area contributed by atoms with Crippen LogP contribution in [0, 0.1) is 40.5 Å². The number of rotatable bonds is 6. The minimum atomic E-state index is -1.89. The zero-order valence-electron chi connectivity index (χ0n) is 23.2. The van der Waals surface area contributed by atoms with Crippen LogP contribution in [0.5, 0.6) is 0 Å². The van der Waals surface area contributed by atoms with Crippen LogP contribution < -0.4 is 10.4 Å². The van der Waals surface area contributed by atoms with E-state index in [1.54, 1.807) is 10.4 Å². The van der Waals surface area contributed by atoms with Crippen molar-refractivity contribution in [2.75, 3.05) is 0 Å². The zero-order chi connectivity index (χ0) is 22.5. The third-order valence-electron chi connectivity index (χ3n) is 6.84. The second-order valence-electron chi connectivity index (χ2n) is 11.1. The maximum Gasteiger partial charge on any atom is 4.00 e. The number of hydrogen-bond donors (Lipinski definition) is 0. The fraction of sp³-hybridized carbons (Fsp3) is 0.375. The van der Waals surface area contributed by atoms with Gasteiger partial charge in [0, 0.05) is 8.07 Å². The van der Waals surface area contributed by atoms with E-state index in [2.05, 4.69) is 103 Å². The molecule has 4 rings (SSSR count). The van der Waals surface area contributed by atoms with Crippen molar-refractivity contribution in [2.45, 2.75) is 67.5 Å². The van der Waals surface area contributed by atoms with Gasteiger partial charge in [0.25, 0.3) is 0 Å². The van der Waals surface area contributed by atoms with Crippen LogP contribution in [-0.2, 0) is 39.0 Å². The monoisotopic (exact) mass is 546 g/mol. The van der Waals surface area contributed by atoms with Crippen LogP contribution in [0.15, 0.2) is 48.5 Å². The van der Waals surface area contributed by atoms with Crippen LogP contribution >= 0.6 is 0 Å². The van der Waals surface area contributed by atoms with Crippen molar-refractivity contribution in [2.24, 2.45) is 11.8 Å². The molecule has 180 valence electrons. The molecule has 0 aliphatic rings. The second kappa shape index (κ2) is 11.7. The van der Waals surface area contributed by atoms with E-state index in [1.165, 1.54) is 43.8 Å². The quantitative estimate of drug-likeness (QED) is 0.169. The first-order valence-corrected chi connectivity index (χ1v) is 15.0. The van der Waals surface area contributed by atoms with Crippen molar-refractivity contribution in [3.05, 3.63) is 85.6 Å². The fourth-order valence-corrected chi connectivity index (χ4v) is 10.1. The van der Waals surface area contributed by atoms with E-state index >= 15 is 0 Å². The van der Waals surface area contributed by atoms with Gasteiger partial charge in [0.15, 0.2) is 0 Å². The normalized spacial score (nSPS) is 11.6. The number of hydrogen-bond acceptors (Lipinski definition) is 0. The molecule has 0 N–H and O–H groups in total. The molecule has 0 atom stereocenters. The molecule has 0 bridgehead atoms. The molecule has 0 aromatic heterocycles. The Morgan fingerprint density at radius 2 is 1.03 bits per heavy atom. The second-order valence-corrected chi connectivity index (χ2v) is 15.3. The molecule has 0 saturated heterocycles. The molecule has 0 heterocycles. The van der Waals surface area contributed by atoms with Crippen LogP contribution in [-0.4, -0.2) is 8.07 Å². The average molecular weight is 548 g/mol. The molecular weight excluding hydrogens is 504 g/mol. The van der Waals surface area contributed by atoms with Crippen molar-refractivity contribution in [3.8, 4) is 0 Å². The average Bonchev–Trinajstić information content (AvgIpc) is 3.15. The van der Waals surface area contributed by atoms with Crippen LogP contribution in [0.2, 0.25) is 13.1 Å². The van der Waals surface area contributed by atoms with E-state index in [9.17, 15) is 0 Å². The van der Waals surface area contributed by atoms with Crippen molar-refractivity contribution in [1.29, 1.82) is 0 Å². The van der Waals surface area contributed by atoms with Gasteiger partial charge in [-0.2, -0.15) is 10.4 Å². The van der Waals surface area contributed by atoms with Gasteiger partial charge in [-0.1, -0.05) is 65.8 Å². The summed E-state index contributed by atoms with van der Waals surface area (Å²) in [6.07, 6.45) is 2.30. The first-order valence-electron chi connectivity index (χ1n) is 12.0. The van der Waals surface area contributed by atoms with Crippen LogP contribution in [0.3, 0.4) is 0 Å². The number of fused-ring (bicyclic) bond motifs is 2. The molecule has 34 heavy (non-hydrogen) atoms. The minimum Gasteiger partial charge on any atom is -0.358 e. The first-order chi connectivity index (χ1) is 14.6. The van der Waals surface area contributed by atoms with Gasteiger partial charge in [-0.05, 0) is 24.7 Å². The molecule has 0 saturated carbocycles. The Balaban J connectivity index is 0.00000193. The van der Waals surface area contributed by atoms with E-state index < -0.39 is 8.07 Å². The summed E-state index contributed by atoms with van der Waals surface area (Å²) in [5, 5.41) is 9.10. The van der Waals surface area contributed by atoms with Crippen molar-refractivity contribution in [1.82, 2.24) is 0 Å². The molecule has 0 radical (unpaired) electrons. The topological polar surface area (TPSA) is 0 Å². The number of aryl methyl sites for hydroxylation is 2. The summed E-state index contributed by atoms with van der Waals surface area (Å²) in [6.45, 7) is 19.1. The summed E-state index contributed by atoms with van der Waals surface area (Å²) >= 11 is 0. The van der Waals surface area contributed by atoms with Crippen molar-refractivity contribution in [3.63, 3.8) is 0 Å². The van der Waals surface area contributed by atoms with E-state index in [-0.39, 0.29) is 41.1 Å². The summed E-state index contributed by atoms with van der Waals surface area (Å²) in [5.74, 6) is 1.37. The molecule has 0 nitrogen and oxygen atoms in total. The Bertz CT molecular complexity index is 1140. The standard InChI is InChI=1S/C30H38Si.2CH3.Zr/c1-19(2)13-23-9-11-25-15-21(5)29(27(25)17-23)31(7,8)30-22(6)16-26-12-10-24(14-20(3)4)18-28(26)30;;;/h9-12,15-20H,13-14H2,1-8H3;2*1H3;/q-2;2*-1;+4. The molecule has 0 aliphatic heterocycles. The first kappa shape index (κ1) is 30.8. The molecule has 0 fully saturated rings. The van der Waals surface area contributed by atoms with Gasteiger partial charge in [-0.3, -0.25) is 0 Å². The Labute approximate surface area is 230 Å². The third-order valence-corrected chi connectivity index (χ3v) is 10.7. The summed E-state index contributed by atoms with van der Waals surface area (Å²) in [7, 11) is -1.89. The summed E-state index contributed by atoms with van der Waals surface area (Å²) in [5.41, 5.74) is 5.89.